The Morgan fingerprint density at radius 3 is 2.91 bits per heavy atom. The molecule has 4 nitrogen and oxygen atoms in total. The van der Waals surface area contributed by atoms with Crippen molar-refractivity contribution in [3.05, 3.63) is 53.8 Å². The summed E-state index contributed by atoms with van der Waals surface area (Å²) < 4.78 is 22.9. The molecule has 3 aromatic rings. The van der Waals surface area contributed by atoms with Crippen molar-refractivity contribution in [1.29, 1.82) is 0 Å². The van der Waals surface area contributed by atoms with Crippen LogP contribution in [-0.4, -0.2) is 13.7 Å². The molecule has 0 saturated heterocycles. The molecule has 110 valence electrons. The summed E-state index contributed by atoms with van der Waals surface area (Å²) in [5.41, 5.74) is 3.11. The molecule has 4 heteroatoms. The average Bonchev–Trinajstić information content (AvgIpc) is 3.15. The molecule has 2 aliphatic rings. The van der Waals surface area contributed by atoms with Crippen molar-refractivity contribution in [3.63, 3.8) is 0 Å². The molecule has 3 heterocycles. The highest BCUT2D eigenvalue weighted by molar-refractivity contribution is 5.80. The van der Waals surface area contributed by atoms with Gasteiger partial charge in [-0.15, -0.1) is 0 Å². The topological polar surface area (TPSA) is 40.8 Å². The zero-order chi connectivity index (χ0) is 14.7. The molecule has 5 rings (SSSR count). The Balaban J connectivity index is 1.64. The van der Waals surface area contributed by atoms with Gasteiger partial charge in [0.1, 0.15) is 28.9 Å². The van der Waals surface area contributed by atoms with Crippen LogP contribution in [0.2, 0.25) is 0 Å². The number of rotatable bonds is 1. The highest BCUT2D eigenvalue weighted by Gasteiger charge is 2.41. The third-order valence-electron chi connectivity index (χ3n) is 4.55. The molecular formula is C18H14O4. The first kappa shape index (κ1) is 12.0. The Morgan fingerprint density at radius 2 is 2.00 bits per heavy atom. The van der Waals surface area contributed by atoms with Crippen LogP contribution in [0.25, 0.3) is 11.0 Å². The van der Waals surface area contributed by atoms with E-state index in [1.54, 1.807) is 13.4 Å². The van der Waals surface area contributed by atoms with E-state index in [1.807, 2.05) is 24.3 Å². The Hall–Kier alpha value is -2.62. The molecule has 1 aromatic heterocycles. The molecule has 0 saturated carbocycles. The second-order valence-electron chi connectivity index (χ2n) is 5.71. The number of ether oxygens (including phenoxy) is 3. The fourth-order valence-corrected chi connectivity index (χ4v) is 3.42. The van der Waals surface area contributed by atoms with Gasteiger partial charge >= 0.3 is 0 Å². The van der Waals surface area contributed by atoms with Crippen LogP contribution in [0.3, 0.4) is 0 Å². The van der Waals surface area contributed by atoms with Crippen LogP contribution in [0.15, 0.2) is 47.1 Å². The molecular weight excluding hydrogens is 280 g/mol. The molecule has 0 amide bonds. The minimum absolute atomic E-state index is 0.00911. The largest absolute Gasteiger partial charge is 0.497 e. The highest BCUT2D eigenvalue weighted by atomic mass is 16.5. The second kappa shape index (κ2) is 4.19. The summed E-state index contributed by atoms with van der Waals surface area (Å²) in [6.45, 7) is 0.614. The zero-order valence-electron chi connectivity index (χ0n) is 12.0. The molecule has 0 aliphatic carbocycles. The third kappa shape index (κ3) is 1.52. The van der Waals surface area contributed by atoms with E-state index in [0.29, 0.717) is 6.61 Å². The number of furan rings is 1. The standard InChI is InChI=1S/C18H14O4/c1-19-11-2-3-12-14-9-21-16-8-15-10(4-5-20-15)6-13(16)18(14)22-17(12)7-11/h2-8,14,18H,9H2,1H3/t14-,18-/m1/s1. The first-order valence-electron chi connectivity index (χ1n) is 7.32. The number of methoxy groups -OCH3 is 1. The average molecular weight is 294 g/mol. The molecule has 0 radical (unpaired) electrons. The molecule has 0 unspecified atom stereocenters. The van der Waals surface area contributed by atoms with Crippen molar-refractivity contribution in [1.82, 2.24) is 0 Å². The summed E-state index contributed by atoms with van der Waals surface area (Å²) in [7, 11) is 1.66. The Kier molecular flexibility index (Phi) is 2.28. The fourth-order valence-electron chi connectivity index (χ4n) is 3.42. The van der Waals surface area contributed by atoms with Gasteiger partial charge in [-0.25, -0.2) is 0 Å². The minimum atomic E-state index is -0.00911. The summed E-state index contributed by atoms with van der Waals surface area (Å²) in [5.74, 6) is 2.77. The van der Waals surface area contributed by atoms with E-state index < -0.39 is 0 Å². The molecule has 2 atom stereocenters. The van der Waals surface area contributed by atoms with Crippen LogP contribution >= 0.6 is 0 Å². The van der Waals surface area contributed by atoms with Crippen molar-refractivity contribution in [3.8, 4) is 17.2 Å². The van der Waals surface area contributed by atoms with Crippen molar-refractivity contribution in [2.24, 2.45) is 0 Å². The first-order valence-corrected chi connectivity index (χ1v) is 7.32. The van der Waals surface area contributed by atoms with Gasteiger partial charge in [0.15, 0.2) is 0 Å². The molecule has 0 bridgehead atoms. The zero-order valence-corrected chi connectivity index (χ0v) is 12.0. The lowest BCUT2D eigenvalue weighted by atomic mass is 9.89. The smallest absolute Gasteiger partial charge is 0.138 e. The molecule has 0 N–H and O–H groups in total. The summed E-state index contributed by atoms with van der Waals surface area (Å²) in [4.78, 5) is 0. The van der Waals surface area contributed by atoms with Crippen molar-refractivity contribution < 1.29 is 18.6 Å². The lowest BCUT2D eigenvalue weighted by Crippen LogP contribution is -2.23. The van der Waals surface area contributed by atoms with Crippen LogP contribution in [0.5, 0.6) is 17.2 Å². The molecule has 2 aliphatic heterocycles. The van der Waals surface area contributed by atoms with Crippen molar-refractivity contribution >= 4 is 11.0 Å². The van der Waals surface area contributed by atoms with E-state index in [-0.39, 0.29) is 12.0 Å². The van der Waals surface area contributed by atoms with Crippen LogP contribution in [0, 0.1) is 0 Å². The van der Waals surface area contributed by atoms with E-state index in [0.717, 1.165) is 33.8 Å². The van der Waals surface area contributed by atoms with Gasteiger partial charge in [-0.2, -0.15) is 0 Å². The molecule has 0 fully saturated rings. The van der Waals surface area contributed by atoms with Crippen molar-refractivity contribution in [2.45, 2.75) is 12.0 Å². The van der Waals surface area contributed by atoms with Gasteiger partial charge in [0.25, 0.3) is 0 Å². The SMILES string of the molecule is COc1ccc2c(c1)O[C@@H]1c3cc4ccoc4cc3OC[C@H]21. The number of benzene rings is 2. The number of hydrogen-bond donors (Lipinski definition) is 0. The van der Waals surface area contributed by atoms with E-state index in [2.05, 4.69) is 12.1 Å². The number of fused-ring (bicyclic) bond motifs is 6. The Morgan fingerprint density at radius 1 is 1.05 bits per heavy atom. The van der Waals surface area contributed by atoms with Gasteiger partial charge in [-0.3, -0.25) is 0 Å². The second-order valence-corrected chi connectivity index (χ2v) is 5.71. The summed E-state index contributed by atoms with van der Waals surface area (Å²) in [6, 6.07) is 12.0. The summed E-state index contributed by atoms with van der Waals surface area (Å²) in [5, 5.41) is 1.07. The quantitative estimate of drug-likeness (QED) is 0.679. The van der Waals surface area contributed by atoms with E-state index in [4.69, 9.17) is 18.6 Å². The third-order valence-corrected chi connectivity index (χ3v) is 4.55. The normalized spacial score (nSPS) is 21.5. The first-order chi connectivity index (χ1) is 10.8. The highest BCUT2D eigenvalue weighted by Crippen LogP contribution is 2.52. The van der Waals surface area contributed by atoms with Crippen molar-refractivity contribution in [2.75, 3.05) is 13.7 Å². The van der Waals surface area contributed by atoms with Gasteiger partial charge < -0.3 is 18.6 Å². The molecule has 2 aromatic carbocycles. The van der Waals surface area contributed by atoms with E-state index >= 15 is 0 Å². The van der Waals surface area contributed by atoms with Gasteiger partial charge in [-0.1, -0.05) is 6.07 Å². The summed E-state index contributed by atoms with van der Waals surface area (Å²) >= 11 is 0. The maximum absolute atomic E-state index is 6.21. The Bertz CT molecular complexity index is 880. The van der Waals surface area contributed by atoms with Gasteiger partial charge in [0.2, 0.25) is 0 Å². The minimum Gasteiger partial charge on any atom is -0.497 e. The predicted octanol–water partition coefficient (Wildman–Crippen LogP) is 4.05. The van der Waals surface area contributed by atoms with Crippen LogP contribution in [-0.2, 0) is 0 Å². The van der Waals surface area contributed by atoms with Crippen LogP contribution in [0.1, 0.15) is 23.1 Å². The van der Waals surface area contributed by atoms with E-state index in [9.17, 15) is 0 Å². The molecule has 22 heavy (non-hydrogen) atoms. The Labute approximate surface area is 127 Å². The monoisotopic (exact) mass is 294 g/mol. The summed E-state index contributed by atoms with van der Waals surface area (Å²) in [6.07, 6.45) is 1.69. The molecule has 0 spiro atoms. The van der Waals surface area contributed by atoms with Crippen LogP contribution < -0.4 is 14.2 Å². The van der Waals surface area contributed by atoms with E-state index in [1.165, 1.54) is 5.56 Å². The predicted molar refractivity (Wildman–Crippen MR) is 80.8 cm³/mol. The maximum Gasteiger partial charge on any atom is 0.138 e. The lowest BCUT2D eigenvalue weighted by Gasteiger charge is -2.27. The lowest BCUT2D eigenvalue weighted by molar-refractivity contribution is 0.140. The fraction of sp³-hybridized carbons (Fsp3) is 0.222. The van der Waals surface area contributed by atoms with Crippen LogP contribution in [0.4, 0.5) is 0 Å². The number of hydrogen-bond acceptors (Lipinski definition) is 4. The van der Waals surface area contributed by atoms with Gasteiger partial charge in [0.05, 0.1) is 25.9 Å². The maximum atomic E-state index is 6.21. The van der Waals surface area contributed by atoms with Gasteiger partial charge in [0, 0.05) is 28.6 Å². The van der Waals surface area contributed by atoms with Gasteiger partial charge in [-0.05, 0) is 18.2 Å².